The summed E-state index contributed by atoms with van der Waals surface area (Å²) in [6.07, 6.45) is 0. The van der Waals surface area contributed by atoms with Crippen molar-refractivity contribution in [2.45, 2.75) is 0 Å². The van der Waals surface area contributed by atoms with Gasteiger partial charge in [-0.3, -0.25) is 9.89 Å². The van der Waals surface area contributed by atoms with Crippen molar-refractivity contribution in [3.05, 3.63) is 35.8 Å². The van der Waals surface area contributed by atoms with E-state index >= 15 is 0 Å². The number of carbonyl (C=O) groups is 1. The molecule has 0 saturated heterocycles. The van der Waals surface area contributed by atoms with Crippen molar-refractivity contribution in [1.82, 2.24) is 10.2 Å². The van der Waals surface area contributed by atoms with Crippen LogP contribution in [0.1, 0.15) is 10.5 Å². The first-order chi connectivity index (χ1) is 8.11. The topological polar surface area (TPSA) is 81.0 Å². The molecule has 17 heavy (non-hydrogen) atoms. The highest BCUT2D eigenvalue weighted by molar-refractivity contribution is 5.92. The number of rotatable bonds is 3. The summed E-state index contributed by atoms with van der Waals surface area (Å²) in [5.74, 6) is -0.572. The maximum absolute atomic E-state index is 13.1. The first-order valence-electron chi connectivity index (χ1n) is 4.81. The molecule has 5 nitrogen and oxygen atoms in total. The highest BCUT2D eigenvalue weighted by atomic mass is 19.1. The molecule has 0 fully saturated rings. The number of ether oxygens (including phenoxy) is 1. The molecule has 88 valence electrons. The Labute approximate surface area is 96.4 Å². The molecule has 2 aromatic rings. The van der Waals surface area contributed by atoms with Gasteiger partial charge in [0, 0.05) is 5.56 Å². The molecule has 0 saturated carbocycles. The largest absolute Gasteiger partial charge is 0.496 e. The van der Waals surface area contributed by atoms with E-state index in [4.69, 9.17) is 10.5 Å². The lowest BCUT2D eigenvalue weighted by Gasteiger charge is -2.05. The van der Waals surface area contributed by atoms with Crippen LogP contribution in [0.25, 0.3) is 11.3 Å². The molecule has 0 radical (unpaired) electrons. The summed E-state index contributed by atoms with van der Waals surface area (Å²) in [6, 6.07) is 5.49. The van der Waals surface area contributed by atoms with E-state index in [1.165, 1.54) is 31.4 Å². The predicted octanol–water partition coefficient (Wildman–Crippen LogP) is 1.32. The van der Waals surface area contributed by atoms with Gasteiger partial charge in [0.25, 0.3) is 5.91 Å². The normalized spacial score (nSPS) is 10.2. The van der Waals surface area contributed by atoms with E-state index in [1.807, 2.05) is 0 Å². The Morgan fingerprint density at radius 3 is 2.82 bits per heavy atom. The van der Waals surface area contributed by atoms with E-state index in [0.29, 0.717) is 17.0 Å². The lowest BCUT2D eigenvalue weighted by Crippen LogP contribution is -2.10. The molecule has 0 aliphatic carbocycles. The SMILES string of the molecule is COc1ccc(F)cc1-c1cc(C(N)=O)[nH]n1. The molecule has 1 heterocycles. The molecule has 1 aromatic heterocycles. The zero-order valence-corrected chi connectivity index (χ0v) is 9.03. The Bertz CT molecular complexity index is 566. The number of amides is 1. The molecule has 0 aliphatic rings. The maximum Gasteiger partial charge on any atom is 0.266 e. The average molecular weight is 235 g/mol. The number of aromatic amines is 1. The second-order valence-electron chi connectivity index (χ2n) is 3.38. The van der Waals surface area contributed by atoms with Crippen LogP contribution in [0.5, 0.6) is 5.75 Å². The van der Waals surface area contributed by atoms with Crippen molar-refractivity contribution in [3.63, 3.8) is 0 Å². The first-order valence-corrected chi connectivity index (χ1v) is 4.81. The molecule has 0 spiro atoms. The smallest absolute Gasteiger partial charge is 0.266 e. The van der Waals surface area contributed by atoms with Gasteiger partial charge in [-0.15, -0.1) is 0 Å². The molecule has 3 N–H and O–H groups in total. The second-order valence-corrected chi connectivity index (χ2v) is 3.38. The van der Waals surface area contributed by atoms with Crippen LogP contribution in [0.3, 0.4) is 0 Å². The summed E-state index contributed by atoms with van der Waals surface area (Å²) >= 11 is 0. The molecule has 0 bridgehead atoms. The third-order valence-corrected chi connectivity index (χ3v) is 2.28. The summed E-state index contributed by atoms with van der Waals surface area (Å²) in [4.78, 5) is 10.9. The third-order valence-electron chi connectivity index (χ3n) is 2.28. The second kappa shape index (κ2) is 4.25. The van der Waals surface area contributed by atoms with Crippen LogP contribution < -0.4 is 10.5 Å². The van der Waals surface area contributed by atoms with E-state index in [-0.39, 0.29) is 5.69 Å². The van der Waals surface area contributed by atoms with Crippen LogP contribution in [0.4, 0.5) is 4.39 Å². The highest BCUT2D eigenvalue weighted by Crippen LogP contribution is 2.29. The van der Waals surface area contributed by atoms with E-state index in [9.17, 15) is 9.18 Å². The van der Waals surface area contributed by atoms with Gasteiger partial charge in [-0.2, -0.15) is 5.10 Å². The number of H-pyrrole nitrogens is 1. The van der Waals surface area contributed by atoms with E-state index in [0.717, 1.165) is 0 Å². The lowest BCUT2D eigenvalue weighted by molar-refractivity contribution is 0.0995. The Kier molecular flexibility index (Phi) is 2.78. The van der Waals surface area contributed by atoms with Gasteiger partial charge in [-0.25, -0.2) is 4.39 Å². The van der Waals surface area contributed by atoms with E-state index in [2.05, 4.69) is 10.2 Å². The zero-order valence-electron chi connectivity index (χ0n) is 9.03. The van der Waals surface area contributed by atoms with Crippen LogP contribution in [-0.2, 0) is 0 Å². The Hall–Kier alpha value is -2.37. The summed E-state index contributed by atoms with van der Waals surface area (Å²) < 4.78 is 18.2. The standard InChI is InChI=1S/C11H10FN3O2/c1-17-10-3-2-6(12)4-7(10)8-5-9(11(13)16)15-14-8/h2-5H,1H3,(H2,13,16)(H,14,15). The number of benzene rings is 1. The average Bonchev–Trinajstić information content (AvgIpc) is 2.78. The van der Waals surface area contributed by atoms with Crippen LogP contribution >= 0.6 is 0 Å². The van der Waals surface area contributed by atoms with Crippen molar-refractivity contribution in [3.8, 4) is 17.0 Å². The molecule has 2 rings (SSSR count). The van der Waals surface area contributed by atoms with Gasteiger partial charge in [-0.05, 0) is 24.3 Å². The number of methoxy groups -OCH3 is 1. The number of nitrogens with two attached hydrogens (primary N) is 1. The Morgan fingerprint density at radius 2 is 2.24 bits per heavy atom. The van der Waals surface area contributed by atoms with Gasteiger partial charge in [-0.1, -0.05) is 0 Å². The van der Waals surface area contributed by atoms with Crippen LogP contribution in [0.15, 0.2) is 24.3 Å². The van der Waals surface area contributed by atoms with Gasteiger partial charge in [0.15, 0.2) is 0 Å². The van der Waals surface area contributed by atoms with Gasteiger partial charge in [0.1, 0.15) is 17.3 Å². The number of aromatic nitrogens is 2. The van der Waals surface area contributed by atoms with E-state index in [1.54, 1.807) is 0 Å². The number of nitrogens with one attached hydrogen (secondary N) is 1. The molecule has 0 aliphatic heterocycles. The minimum atomic E-state index is -0.626. The number of hydrogen-bond acceptors (Lipinski definition) is 3. The number of carbonyl (C=O) groups excluding carboxylic acids is 1. The quantitative estimate of drug-likeness (QED) is 0.841. The first kappa shape index (κ1) is 11.1. The molecule has 1 amide bonds. The van der Waals surface area contributed by atoms with Gasteiger partial charge in [0.2, 0.25) is 0 Å². The fourth-order valence-corrected chi connectivity index (χ4v) is 1.47. The summed E-state index contributed by atoms with van der Waals surface area (Å²) in [5, 5.41) is 6.36. The Balaban J connectivity index is 2.51. The monoisotopic (exact) mass is 235 g/mol. The van der Waals surface area contributed by atoms with Crippen molar-refractivity contribution >= 4 is 5.91 Å². The molecular formula is C11H10FN3O2. The number of hydrogen-bond donors (Lipinski definition) is 2. The van der Waals surface area contributed by atoms with Crippen LogP contribution in [-0.4, -0.2) is 23.2 Å². The van der Waals surface area contributed by atoms with Crippen molar-refractivity contribution < 1.29 is 13.9 Å². The fraction of sp³-hybridized carbons (Fsp3) is 0.0909. The Morgan fingerprint density at radius 1 is 1.47 bits per heavy atom. The van der Waals surface area contributed by atoms with E-state index < -0.39 is 11.7 Å². The van der Waals surface area contributed by atoms with Gasteiger partial charge >= 0.3 is 0 Å². The molecule has 6 heteroatoms. The number of halogens is 1. The number of nitrogens with zero attached hydrogens (tertiary/aromatic N) is 1. The number of primary amides is 1. The third kappa shape index (κ3) is 2.10. The molecule has 0 unspecified atom stereocenters. The molecule has 1 aromatic carbocycles. The van der Waals surface area contributed by atoms with Crippen molar-refractivity contribution in [2.24, 2.45) is 5.73 Å². The van der Waals surface area contributed by atoms with Crippen LogP contribution in [0.2, 0.25) is 0 Å². The van der Waals surface area contributed by atoms with Crippen molar-refractivity contribution in [1.29, 1.82) is 0 Å². The lowest BCUT2D eigenvalue weighted by atomic mass is 10.1. The summed E-state index contributed by atoms with van der Waals surface area (Å²) in [6.45, 7) is 0. The summed E-state index contributed by atoms with van der Waals surface area (Å²) in [5.41, 5.74) is 6.10. The predicted molar refractivity (Wildman–Crippen MR) is 59.1 cm³/mol. The van der Waals surface area contributed by atoms with Crippen LogP contribution in [0, 0.1) is 5.82 Å². The maximum atomic E-state index is 13.1. The van der Waals surface area contributed by atoms with Crippen molar-refractivity contribution in [2.75, 3.05) is 7.11 Å². The molecular weight excluding hydrogens is 225 g/mol. The summed E-state index contributed by atoms with van der Waals surface area (Å²) in [7, 11) is 1.47. The minimum Gasteiger partial charge on any atom is -0.496 e. The van der Waals surface area contributed by atoms with Gasteiger partial charge in [0.05, 0.1) is 12.8 Å². The minimum absolute atomic E-state index is 0.159. The fourth-order valence-electron chi connectivity index (χ4n) is 1.47. The van der Waals surface area contributed by atoms with Gasteiger partial charge < -0.3 is 10.5 Å². The molecule has 0 atom stereocenters. The zero-order chi connectivity index (χ0) is 12.4. The highest BCUT2D eigenvalue weighted by Gasteiger charge is 2.12.